The van der Waals surface area contributed by atoms with E-state index in [9.17, 15) is 0 Å². The maximum atomic E-state index is 5.62. The quantitative estimate of drug-likeness (QED) is 0.668. The summed E-state index contributed by atoms with van der Waals surface area (Å²) in [5, 5.41) is 0. The van der Waals surface area contributed by atoms with E-state index < -0.39 is 0 Å². The van der Waals surface area contributed by atoms with E-state index in [1.165, 1.54) is 0 Å². The van der Waals surface area contributed by atoms with Gasteiger partial charge in [0.15, 0.2) is 11.5 Å². The van der Waals surface area contributed by atoms with Crippen LogP contribution in [0.2, 0.25) is 0 Å². The lowest BCUT2D eigenvalue weighted by Gasteiger charge is -2.21. The molecule has 1 heterocycles. The maximum absolute atomic E-state index is 5.62. The van der Waals surface area contributed by atoms with Gasteiger partial charge in [0.25, 0.3) is 0 Å². The number of likely N-dealkylation sites (N-methyl/N-ethyl adjacent to an activating group) is 1. The van der Waals surface area contributed by atoms with E-state index >= 15 is 0 Å². The van der Waals surface area contributed by atoms with Crippen molar-refractivity contribution in [2.45, 2.75) is 19.8 Å². The average molecular weight is 296 g/mol. The number of morpholine rings is 1. The first kappa shape index (κ1) is 17.6. The molecule has 0 spiro atoms. The minimum Gasteiger partial charge on any atom is -0.493 e. The summed E-state index contributed by atoms with van der Waals surface area (Å²) in [6, 6.07) is 5.41. The predicted molar refractivity (Wildman–Crippen MR) is 86.1 cm³/mol. The van der Waals surface area contributed by atoms with Gasteiger partial charge in [0, 0.05) is 24.8 Å². The van der Waals surface area contributed by atoms with Crippen LogP contribution in [-0.2, 0) is 4.74 Å². The summed E-state index contributed by atoms with van der Waals surface area (Å²) in [6.45, 7) is 6.87. The number of nitrogens with two attached hydrogens (primary N) is 1. The summed E-state index contributed by atoms with van der Waals surface area (Å²) in [7, 11) is 3.73. The minimum atomic E-state index is 0.685. The zero-order valence-corrected chi connectivity index (χ0v) is 13.4. The number of hydrogen-bond acceptors (Lipinski definition) is 5. The molecule has 5 heteroatoms. The number of nitrogens with zero attached hydrogens (tertiary/aromatic N) is 1. The highest BCUT2D eigenvalue weighted by Crippen LogP contribution is 2.28. The molecule has 0 atom stereocenters. The van der Waals surface area contributed by atoms with Crippen molar-refractivity contribution >= 4 is 5.69 Å². The highest BCUT2D eigenvalue weighted by molar-refractivity contribution is 5.51. The number of unbranched alkanes of at least 4 members (excludes halogenated alkanes) is 1. The van der Waals surface area contributed by atoms with Crippen LogP contribution in [0.1, 0.15) is 19.8 Å². The molecule has 120 valence electrons. The SMILES string of the molecule is CCCCOc1ccc(N)cc1OC.CN1CCOCC1. The second kappa shape index (κ2) is 10.3. The fourth-order valence-corrected chi connectivity index (χ4v) is 1.78. The van der Waals surface area contributed by atoms with Crippen LogP contribution in [0.4, 0.5) is 5.69 Å². The fourth-order valence-electron chi connectivity index (χ4n) is 1.78. The smallest absolute Gasteiger partial charge is 0.162 e. The molecule has 2 N–H and O–H groups in total. The Morgan fingerprint density at radius 2 is 1.95 bits per heavy atom. The Labute approximate surface area is 128 Å². The van der Waals surface area contributed by atoms with E-state index in [2.05, 4.69) is 18.9 Å². The van der Waals surface area contributed by atoms with E-state index in [-0.39, 0.29) is 0 Å². The highest BCUT2D eigenvalue weighted by atomic mass is 16.5. The van der Waals surface area contributed by atoms with Gasteiger partial charge < -0.3 is 24.8 Å². The second-order valence-corrected chi connectivity index (χ2v) is 5.03. The molecule has 0 aromatic heterocycles. The van der Waals surface area contributed by atoms with Crippen LogP contribution in [0.15, 0.2) is 18.2 Å². The second-order valence-electron chi connectivity index (χ2n) is 5.03. The van der Waals surface area contributed by atoms with Gasteiger partial charge in [0.1, 0.15) is 0 Å². The number of methoxy groups -OCH3 is 1. The molecule has 0 bridgehead atoms. The van der Waals surface area contributed by atoms with Crippen LogP contribution in [0.3, 0.4) is 0 Å². The predicted octanol–water partition coefficient (Wildman–Crippen LogP) is 2.40. The summed E-state index contributed by atoms with van der Waals surface area (Å²) >= 11 is 0. The number of nitrogen functional groups attached to an aromatic ring is 1. The number of rotatable bonds is 5. The molecule has 21 heavy (non-hydrogen) atoms. The van der Waals surface area contributed by atoms with Crippen LogP contribution in [-0.4, -0.2) is 52.0 Å². The van der Waals surface area contributed by atoms with Crippen molar-refractivity contribution in [1.82, 2.24) is 4.90 Å². The van der Waals surface area contributed by atoms with E-state index in [4.69, 9.17) is 19.9 Å². The van der Waals surface area contributed by atoms with E-state index in [1.807, 2.05) is 12.1 Å². The average Bonchev–Trinajstić information content (AvgIpc) is 2.50. The lowest BCUT2D eigenvalue weighted by molar-refractivity contribution is 0.0503. The van der Waals surface area contributed by atoms with Crippen molar-refractivity contribution in [1.29, 1.82) is 0 Å². The normalized spacial score (nSPS) is 15.0. The Morgan fingerprint density at radius 3 is 2.48 bits per heavy atom. The van der Waals surface area contributed by atoms with Crippen molar-refractivity contribution < 1.29 is 14.2 Å². The zero-order chi connectivity index (χ0) is 15.5. The van der Waals surface area contributed by atoms with Gasteiger partial charge in [-0.25, -0.2) is 0 Å². The van der Waals surface area contributed by atoms with Gasteiger partial charge in [-0.15, -0.1) is 0 Å². The molecule has 1 saturated heterocycles. The first-order valence-corrected chi connectivity index (χ1v) is 7.50. The van der Waals surface area contributed by atoms with Crippen molar-refractivity contribution in [2.75, 3.05) is 52.8 Å². The maximum Gasteiger partial charge on any atom is 0.162 e. The molecular weight excluding hydrogens is 268 g/mol. The molecule has 1 aromatic carbocycles. The van der Waals surface area contributed by atoms with Crippen molar-refractivity contribution in [2.24, 2.45) is 0 Å². The minimum absolute atomic E-state index is 0.685. The third kappa shape index (κ3) is 7.20. The van der Waals surface area contributed by atoms with Gasteiger partial charge in [0.2, 0.25) is 0 Å². The molecule has 2 rings (SSSR count). The van der Waals surface area contributed by atoms with Gasteiger partial charge in [-0.2, -0.15) is 0 Å². The van der Waals surface area contributed by atoms with Gasteiger partial charge in [-0.05, 0) is 25.6 Å². The zero-order valence-electron chi connectivity index (χ0n) is 13.4. The molecular formula is C16H28N2O3. The van der Waals surface area contributed by atoms with Crippen LogP contribution in [0, 0.1) is 0 Å². The molecule has 0 amide bonds. The summed E-state index contributed by atoms with van der Waals surface area (Å²) in [4.78, 5) is 2.27. The molecule has 5 nitrogen and oxygen atoms in total. The molecule has 1 aliphatic heterocycles. The molecule has 1 fully saturated rings. The molecule has 0 radical (unpaired) electrons. The summed E-state index contributed by atoms with van der Waals surface area (Å²) in [5.41, 5.74) is 6.31. The molecule has 1 aliphatic rings. The third-order valence-electron chi connectivity index (χ3n) is 3.18. The Morgan fingerprint density at radius 1 is 1.24 bits per heavy atom. The fraction of sp³-hybridized carbons (Fsp3) is 0.625. The first-order valence-electron chi connectivity index (χ1n) is 7.50. The lowest BCUT2D eigenvalue weighted by Crippen LogP contribution is -2.32. The van der Waals surface area contributed by atoms with Crippen molar-refractivity contribution in [3.05, 3.63) is 18.2 Å². The Kier molecular flexibility index (Phi) is 8.62. The van der Waals surface area contributed by atoms with Crippen LogP contribution in [0.25, 0.3) is 0 Å². The first-order chi connectivity index (χ1) is 10.2. The van der Waals surface area contributed by atoms with Gasteiger partial charge in [-0.1, -0.05) is 13.3 Å². The summed E-state index contributed by atoms with van der Waals surface area (Å²) in [6.07, 6.45) is 2.17. The molecule has 0 saturated carbocycles. The van der Waals surface area contributed by atoms with Crippen LogP contribution < -0.4 is 15.2 Å². The molecule has 1 aromatic rings. The van der Waals surface area contributed by atoms with E-state index in [0.29, 0.717) is 11.4 Å². The lowest BCUT2D eigenvalue weighted by atomic mass is 10.3. The summed E-state index contributed by atoms with van der Waals surface area (Å²) in [5.74, 6) is 1.45. The highest BCUT2D eigenvalue weighted by Gasteiger charge is 2.03. The topological polar surface area (TPSA) is 57.0 Å². The Hall–Kier alpha value is -1.46. The van der Waals surface area contributed by atoms with Crippen molar-refractivity contribution in [3.8, 4) is 11.5 Å². The standard InChI is InChI=1S/C11H17NO2.C5H11NO/c1-3-4-7-14-10-6-5-9(12)8-11(10)13-2;1-6-2-4-7-5-3-6/h5-6,8H,3-4,7,12H2,1-2H3;2-5H2,1H3. The Balaban J connectivity index is 0.000000262. The largest absolute Gasteiger partial charge is 0.493 e. The van der Waals surface area contributed by atoms with Gasteiger partial charge in [0.05, 0.1) is 26.9 Å². The van der Waals surface area contributed by atoms with Crippen molar-refractivity contribution in [3.63, 3.8) is 0 Å². The van der Waals surface area contributed by atoms with E-state index in [0.717, 1.165) is 51.5 Å². The molecule has 0 aliphatic carbocycles. The third-order valence-corrected chi connectivity index (χ3v) is 3.18. The number of ether oxygens (including phenoxy) is 3. The van der Waals surface area contributed by atoms with Crippen LogP contribution >= 0.6 is 0 Å². The monoisotopic (exact) mass is 296 g/mol. The molecule has 0 unspecified atom stereocenters. The van der Waals surface area contributed by atoms with Crippen LogP contribution in [0.5, 0.6) is 11.5 Å². The number of hydrogen-bond donors (Lipinski definition) is 1. The van der Waals surface area contributed by atoms with Gasteiger partial charge >= 0.3 is 0 Å². The van der Waals surface area contributed by atoms with E-state index in [1.54, 1.807) is 13.2 Å². The number of benzene rings is 1. The van der Waals surface area contributed by atoms with Gasteiger partial charge in [-0.3, -0.25) is 0 Å². The summed E-state index contributed by atoms with van der Waals surface area (Å²) < 4.78 is 15.8. The Bertz CT molecular complexity index is 393. The number of anilines is 1.